The zero-order chi connectivity index (χ0) is 11.4. The number of hydrogen-bond donors (Lipinski definition) is 0. The van der Waals surface area contributed by atoms with E-state index >= 15 is 0 Å². The molecule has 1 aromatic rings. The van der Waals surface area contributed by atoms with Crippen LogP contribution in [0.25, 0.3) is 0 Å². The number of halogens is 1. The molecular weight excluding hydrogens is 260 g/mol. The lowest BCUT2D eigenvalue weighted by Crippen LogP contribution is -2.12. The lowest BCUT2D eigenvalue weighted by Gasteiger charge is -2.04. The van der Waals surface area contributed by atoms with E-state index in [0.717, 1.165) is 0 Å². The highest BCUT2D eigenvalue weighted by Crippen LogP contribution is 2.25. The van der Waals surface area contributed by atoms with Crippen molar-refractivity contribution in [1.82, 2.24) is 0 Å². The van der Waals surface area contributed by atoms with Crippen molar-refractivity contribution in [1.29, 1.82) is 0 Å². The van der Waals surface area contributed by atoms with Crippen LogP contribution >= 0.6 is 15.9 Å². The highest BCUT2D eigenvalue weighted by molar-refractivity contribution is 9.10. The van der Waals surface area contributed by atoms with Gasteiger partial charge in [0.2, 0.25) is 11.6 Å². The molecule has 0 radical (unpaired) electrons. The fraction of sp³-hybridized carbons (Fsp3) is 0.273. The second kappa shape index (κ2) is 5.07. The largest absolute Gasteiger partial charge is 0.496 e. The van der Waals surface area contributed by atoms with Gasteiger partial charge in [0.05, 0.1) is 11.6 Å². The van der Waals surface area contributed by atoms with E-state index in [1.165, 1.54) is 0 Å². The normalized spacial score (nSPS) is 9.80. The first kappa shape index (κ1) is 11.9. The van der Waals surface area contributed by atoms with Crippen LogP contribution in [-0.2, 0) is 4.79 Å². The van der Waals surface area contributed by atoms with Gasteiger partial charge in [-0.1, -0.05) is 6.92 Å². The quantitative estimate of drug-likeness (QED) is 0.624. The first-order chi connectivity index (χ1) is 7.10. The Morgan fingerprint density at radius 1 is 1.40 bits per heavy atom. The number of Topliss-reactive ketones (excluding diaryl/α,β-unsaturated/α-hetero) is 2. The maximum Gasteiger partial charge on any atom is 0.228 e. The topological polar surface area (TPSA) is 43.4 Å². The zero-order valence-electron chi connectivity index (χ0n) is 8.54. The van der Waals surface area contributed by atoms with Crippen molar-refractivity contribution in [2.24, 2.45) is 0 Å². The molecule has 0 spiro atoms. The molecule has 1 aromatic carbocycles. The van der Waals surface area contributed by atoms with E-state index < -0.39 is 5.78 Å². The minimum atomic E-state index is -0.458. The van der Waals surface area contributed by atoms with Gasteiger partial charge in [0.25, 0.3) is 0 Å². The van der Waals surface area contributed by atoms with Gasteiger partial charge in [0, 0.05) is 12.0 Å². The van der Waals surface area contributed by atoms with Crippen LogP contribution in [0.1, 0.15) is 23.7 Å². The van der Waals surface area contributed by atoms with E-state index in [1.807, 2.05) is 0 Å². The van der Waals surface area contributed by atoms with Crippen LogP contribution < -0.4 is 4.74 Å². The number of carbonyl (C=O) groups is 2. The smallest absolute Gasteiger partial charge is 0.228 e. The molecule has 0 saturated carbocycles. The van der Waals surface area contributed by atoms with Crippen molar-refractivity contribution in [3.63, 3.8) is 0 Å². The van der Waals surface area contributed by atoms with Crippen molar-refractivity contribution in [2.75, 3.05) is 7.11 Å². The number of benzene rings is 1. The summed E-state index contributed by atoms with van der Waals surface area (Å²) in [6.45, 7) is 1.67. The molecule has 80 valence electrons. The van der Waals surface area contributed by atoms with Crippen molar-refractivity contribution in [3.8, 4) is 5.75 Å². The number of hydrogen-bond acceptors (Lipinski definition) is 3. The Labute approximate surface area is 96.6 Å². The molecule has 0 N–H and O–H groups in total. The Hall–Kier alpha value is -1.16. The van der Waals surface area contributed by atoms with E-state index in [0.29, 0.717) is 15.8 Å². The van der Waals surface area contributed by atoms with Crippen LogP contribution in [0, 0.1) is 0 Å². The Morgan fingerprint density at radius 3 is 2.53 bits per heavy atom. The maximum absolute atomic E-state index is 11.5. The number of rotatable bonds is 4. The van der Waals surface area contributed by atoms with Crippen LogP contribution in [0.15, 0.2) is 22.7 Å². The number of ether oxygens (including phenoxy) is 1. The van der Waals surface area contributed by atoms with Crippen molar-refractivity contribution in [3.05, 3.63) is 28.2 Å². The molecule has 0 fully saturated rings. The number of carbonyl (C=O) groups excluding carboxylic acids is 2. The third kappa shape index (κ3) is 2.65. The van der Waals surface area contributed by atoms with E-state index in [-0.39, 0.29) is 12.2 Å². The SMILES string of the molecule is CCC(=O)C(=O)c1ccc(OC)c(Br)c1. The van der Waals surface area contributed by atoms with Gasteiger partial charge in [0.15, 0.2) is 0 Å². The first-order valence-electron chi connectivity index (χ1n) is 4.51. The summed E-state index contributed by atoms with van der Waals surface area (Å²) in [4.78, 5) is 22.7. The summed E-state index contributed by atoms with van der Waals surface area (Å²) in [6, 6.07) is 4.83. The number of methoxy groups -OCH3 is 1. The fourth-order valence-corrected chi connectivity index (χ4v) is 1.67. The molecular formula is C11H11BrO3. The molecule has 0 atom stereocenters. The molecule has 0 aliphatic heterocycles. The molecule has 0 aliphatic rings. The summed E-state index contributed by atoms with van der Waals surface area (Å²) in [7, 11) is 1.54. The predicted molar refractivity (Wildman–Crippen MR) is 60.3 cm³/mol. The summed E-state index contributed by atoms with van der Waals surface area (Å²) in [5.41, 5.74) is 0.384. The maximum atomic E-state index is 11.5. The Kier molecular flexibility index (Phi) is 4.03. The van der Waals surface area contributed by atoms with E-state index in [9.17, 15) is 9.59 Å². The summed E-state index contributed by atoms with van der Waals surface area (Å²) in [5.74, 6) is -0.205. The molecule has 0 amide bonds. The molecule has 1 rings (SSSR count). The van der Waals surface area contributed by atoms with Crippen LogP contribution in [0.5, 0.6) is 5.75 Å². The molecule has 0 aliphatic carbocycles. The standard InChI is InChI=1S/C11H11BrO3/c1-3-9(13)11(14)7-4-5-10(15-2)8(12)6-7/h4-6H,3H2,1-2H3. The lowest BCUT2D eigenvalue weighted by atomic mass is 10.1. The van der Waals surface area contributed by atoms with Gasteiger partial charge in [-0.15, -0.1) is 0 Å². The van der Waals surface area contributed by atoms with Crippen LogP contribution in [-0.4, -0.2) is 18.7 Å². The highest BCUT2D eigenvalue weighted by atomic mass is 79.9. The van der Waals surface area contributed by atoms with Gasteiger partial charge >= 0.3 is 0 Å². The fourth-order valence-electron chi connectivity index (χ4n) is 1.13. The number of ketones is 2. The van der Waals surface area contributed by atoms with Crippen molar-refractivity contribution in [2.45, 2.75) is 13.3 Å². The van der Waals surface area contributed by atoms with Gasteiger partial charge < -0.3 is 4.74 Å². The van der Waals surface area contributed by atoms with E-state index in [2.05, 4.69) is 15.9 Å². The Morgan fingerprint density at radius 2 is 2.07 bits per heavy atom. The predicted octanol–water partition coefficient (Wildman–Crippen LogP) is 2.62. The molecule has 4 heteroatoms. The Balaban J connectivity index is 3.02. The van der Waals surface area contributed by atoms with Crippen LogP contribution in [0.4, 0.5) is 0 Å². The molecule has 0 saturated heterocycles. The van der Waals surface area contributed by atoms with E-state index in [4.69, 9.17) is 4.74 Å². The zero-order valence-corrected chi connectivity index (χ0v) is 10.1. The van der Waals surface area contributed by atoms with Crippen LogP contribution in [0.3, 0.4) is 0 Å². The molecule has 0 aromatic heterocycles. The van der Waals surface area contributed by atoms with Crippen LogP contribution in [0.2, 0.25) is 0 Å². The van der Waals surface area contributed by atoms with Crippen molar-refractivity contribution < 1.29 is 14.3 Å². The third-order valence-corrected chi connectivity index (χ3v) is 2.61. The monoisotopic (exact) mass is 270 g/mol. The summed E-state index contributed by atoms with van der Waals surface area (Å²) in [5, 5.41) is 0. The van der Waals surface area contributed by atoms with E-state index in [1.54, 1.807) is 32.2 Å². The highest BCUT2D eigenvalue weighted by Gasteiger charge is 2.15. The van der Waals surface area contributed by atoms with Gasteiger partial charge in [-0.3, -0.25) is 9.59 Å². The van der Waals surface area contributed by atoms with Gasteiger partial charge in [0.1, 0.15) is 5.75 Å². The summed E-state index contributed by atoms with van der Waals surface area (Å²) >= 11 is 3.26. The minimum Gasteiger partial charge on any atom is -0.496 e. The first-order valence-corrected chi connectivity index (χ1v) is 5.30. The molecule has 0 bridgehead atoms. The average molecular weight is 271 g/mol. The molecule has 0 unspecified atom stereocenters. The molecule has 0 heterocycles. The third-order valence-electron chi connectivity index (χ3n) is 1.99. The molecule has 15 heavy (non-hydrogen) atoms. The van der Waals surface area contributed by atoms with Gasteiger partial charge in [-0.05, 0) is 34.1 Å². The lowest BCUT2D eigenvalue weighted by molar-refractivity contribution is -0.114. The second-order valence-electron chi connectivity index (χ2n) is 2.96. The average Bonchev–Trinajstić information content (AvgIpc) is 2.26. The Bertz CT molecular complexity index is 399. The van der Waals surface area contributed by atoms with Gasteiger partial charge in [-0.2, -0.15) is 0 Å². The van der Waals surface area contributed by atoms with Crippen molar-refractivity contribution >= 4 is 27.5 Å². The second-order valence-corrected chi connectivity index (χ2v) is 3.81. The summed E-state index contributed by atoms with van der Waals surface area (Å²) < 4.78 is 5.69. The summed E-state index contributed by atoms with van der Waals surface area (Å²) in [6.07, 6.45) is 0.225. The molecule has 3 nitrogen and oxygen atoms in total. The van der Waals surface area contributed by atoms with Gasteiger partial charge in [-0.25, -0.2) is 0 Å². The minimum absolute atomic E-state index is 0.225.